The SMILES string of the molecule is CC(=O)c1ccc(S(=O)(=O)N2CCN(c3cccc(C)c3C)CC2)cc1. The second-order valence-corrected chi connectivity index (χ2v) is 8.63. The van der Waals surface area contributed by atoms with Crippen LogP contribution < -0.4 is 4.90 Å². The number of hydrogen-bond donors (Lipinski definition) is 0. The van der Waals surface area contributed by atoms with Gasteiger partial charge in [-0.3, -0.25) is 4.79 Å². The minimum Gasteiger partial charge on any atom is -0.369 e. The van der Waals surface area contributed by atoms with Crippen molar-refractivity contribution in [2.75, 3.05) is 31.1 Å². The first kappa shape index (κ1) is 18.6. The Kier molecular flexibility index (Phi) is 5.16. The van der Waals surface area contributed by atoms with Crippen LogP contribution in [0.4, 0.5) is 5.69 Å². The summed E-state index contributed by atoms with van der Waals surface area (Å²) >= 11 is 0. The van der Waals surface area contributed by atoms with Crippen molar-refractivity contribution in [1.82, 2.24) is 4.31 Å². The number of sulfonamides is 1. The van der Waals surface area contributed by atoms with Gasteiger partial charge in [0, 0.05) is 37.4 Å². The smallest absolute Gasteiger partial charge is 0.243 e. The molecule has 138 valence electrons. The fourth-order valence-corrected chi connectivity index (χ4v) is 4.68. The number of piperazine rings is 1. The van der Waals surface area contributed by atoms with E-state index in [0.717, 1.165) is 0 Å². The summed E-state index contributed by atoms with van der Waals surface area (Å²) in [6, 6.07) is 12.4. The zero-order valence-electron chi connectivity index (χ0n) is 15.4. The van der Waals surface area contributed by atoms with Gasteiger partial charge < -0.3 is 4.90 Å². The third-order valence-electron chi connectivity index (χ3n) is 5.05. The molecule has 0 bridgehead atoms. The Morgan fingerprint density at radius 2 is 1.54 bits per heavy atom. The summed E-state index contributed by atoms with van der Waals surface area (Å²) in [6.07, 6.45) is 0. The highest BCUT2D eigenvalue weighted by molar-refractivity contribution is 7.89. The number of benzene rings is 2. The minimum atomic E-state index is -3.53. The predicted molar refractivity (Wildman–Crippen MR) is 103 cm³/mol. The Balaban J connectivity index is 1.74. The van der Waals surface area contributed by atoms with Gasteiger partial charge in [0.2, 0.25) is 10.0 Å². The van der Waals surface area contributed by atoms with Gasteiger partial charge in [0.15, 0.2) is 5.78 Å². The highest BCUT2D eigenvalue weighted by atomic mass is 32.2. The Hall–Kier alpha value is -2.18. The average Bonchev–Trinajstić information content (AvgIpc) is 2.64. The van der Waals surface area contributed by atoms with Gasteiger partial charge >= 0.3 is 0 Å². The molecule has 1 aliphatic heterocycles. The first-order valence-corrected chi connectivity index (χ1v) is 10.2. The van der Waals surface area contributed by atoms with Crippen LogP contribution in [0.3, 0.4) is 0 Å². The number of carbonyl (C=O) groups is 1. The summed E-state index contributed by atoms with van der Waals surface area (Å²) in [5.41, 5.74) is 4.17. The van der Waals surface area contributed by atoms with Crippen molar-refractivity contribution < 1.29 is 13.2 Å². The monoisotopic (exact) mass is 372 g/mol. The van der Waals surface area contributed by atoms with Crippen LogP contribution in [0.5, 0.6) is 0 Å². The van der Waals surface area contributed by atoms with Gasteiger partial charge in [0.05, 0.1) is 4.90 Å². The van der Waals surface area contributed by atoms with Crippen molar-refractivity contribution in [3.8, 4) is 0 Å². The largest absolute Gasteiger partial charge is 0.369 e. The molecule has 0 aliphatic carbocycles. The number of aryl methyl sites for hydroxylation is 1. The van der Waals surface area contributed by atoms with Crippen LogP contribution in [-0.4, -0.2) is 44.7 Å². The highest BCUT2D eigenvalue weighted by Crippen LogP contribution is 2.25. The number of nitrogens with zero attached hydrogens (tertiary/aromatic N) is 2. The van der Waals surface area contributed by atoms with E-state index >= 15 is 0 Å². The Morgan fingerprint density at radius 1 is 0.923 bits per heavy atom. The molecule has 2 aromatic carbocycles. The van der Waals surface area contributed by atoms with Crippen LogP contribution in [0, 0.1) is 13.8 Å². The lowest BCUT2D eigenvalue weighted by molar-refractivity contribution is 0.101. The molecule has 0 amide bonds. The Morgan fingerprint density at radius 3 is 2.12 bits per heavy atom. The number of anilines is 1. The molecule has 0 N–H and O–H groups in total. The second kappa shape index (κ2) is 7.21. The summed E-state index contributed by atoms with van der Waals surface area (Å²) in [7, 11) is -3.53. The molecular weight excluding hydrogens is 348 g/mol. The van der Waals surface area contributed by atoms with Crippen molar-refractivity contribution in [1.29, 1.82) is 0 Å². The van der Waals surface area contributed by atoms with Crippen LogP contribution >= 0.6 is 0 Å². The zero-order valence-corrected chi connectivity index (χ0v) is 16.2. The molecule has 0 radical (unpaired) electrons. The molecule has 0 unspecified atom stereocenters. The Bertz CT molecular complexity index is 913. The standard InChI is InChI=1S/C20H24N2O3S/c1-15-5-4-6-20(16(15)2)21-11-13-22(14-12-21)26(24,25)19-9-7-18(8-10-19)17(3)23/h4-10H,11-14H2,1-3H3. The number of ketones is 1. The van der Waals surface area contributed by atoms with Gasteiger partial charge in [0.25, 0.3) is 0 Å². The lowest BCUT2D eigenvalue weighted by Crippen LogP contribution is -2.48. The number of hydrogen-bond acceptors (Lipinski definition) is 4. The minimum absolute atomic E-state index is 0.0731. The normalized spacial score (nSPS) is 15.9. The maximum Gasteiger partial charge on any atom is 0.243 e. The maximum absolute atomic E-state index is 12.9. The first-order valence-electron chi connectivity index (χ1n) is 8.73. The van der Waals surface area contributed by atoms with Crippen LogP contribution in [-0.2, 0) is 10.0 Å². The van der Waals surface area contributed by atoms with Gasteiger partial charge in [-0.2, -0.15) is 4.31 Å². The maximum atomic E-state index is 12.9. The summed E-state index contributed by atoms with van der Waals surface area (Å²) in [4.78, 5) is 13.8. The summed E-state index contributed by atoms with van der Waals surface area (Å²) in [5.74, 6) is -0.0731. The van der Waals surface area contributed by atoms with E-state index in [-0.39, 0.29) is 10.7 Å². The van der Waals surface area contributed by atoms with Gasteiger partial charge in [0.1, 0.15) is 0 Å². The molecule has 1 saturated heterocycles. The third kappa shape index (κ3) is 3.52. The van der Waals surface area contributed by atoms with E-state index in [2.05, 4.69) is 30.9 Å². The van der Waals surface area contributed by atoms with E-state index in [9.17, 15) is 13.2 Å². The zero-order chi connectivity index (χ0) is 18.9. The van der Waals surface area contributed by atoms with Gasteiger partial charge in [-0.05, 0) is 50.1 Å². The number of carbonyl (C=O) groups excluding carboxylic acids is 1. The molecule has 0 atom stereocenters. The van der Waals surface area contributed by atoms with Crippen molar-refractivity contribution >= 4 is 21.5 Å². The third-order valence-corrected chi connectivity index (χ3v) is 6.97. The van der Waals surface area contributed by atoms with Crippen molar-refractivity contribution in [3.63, 3.8) is 0 Å². The van der Waals surface area contributed by atoms with E-state index in [1.807, 2.05) is 6.07 Å². The van der Waals surface area contributed by atoms with Crippen molar-refractivity contribution in [2.24, 2.45) is 0 Å². The highest BCUT2D eigenvalue weighted by Gasteiger charge is 2.29. The topological polar surface area (TPSA) is 57.7 Å². The molecule has 5 nitrogen and oxygen atoms in total. The van der Waals surface area contributed by atoms with Crippen molar-refractivity contribution in [2.45, 2.75) is 25.7 Å². The molecule has 3 rings (SSSR count). The molecule has 1 aliphatic rings. The molecule has 2 aromatic rings. The fraction of sp³-hybridized carbons (Fsp3) is 0.350. The quantitative estimate of drug-likeness (QED) is 0.774. The van der Waals surface area contributed by atoms with E-state index < -0.39 is 10.0 Å². The van der Waals surface area contributed by atoms with E-state index in [4.69, 9.17) is 0 Å². The van der Waals surface area contributed by atoms with Crippen LogP contribution in [0.25, 0.3) is 0 Å². The summed E-state index contributed by atoms with van der Waals surface area (Å²) in [6.45, 7) is 7.88. The lowest BCUT2D eigenvalue weighted by atomic mass is 10.1. The first-order chi connectivity index (χ1) is 12.3. The molecule has 0 saturated carbocycles. The molecule has 26 heavy (non-hydrogen) atoms. The molecule has 6 heteroatoms. The molecule has 1 fully saturated rings. The second-order valence-electron chi connectivity index (χ2n) is 6.69. The predicted octanol–water partition coefficient (Wildman–Crippen LogP) is 3.02. The molecule has 1 heterocycles. The average molecular weight is 372 g/mol. The van der Waals surface area contributed by atoms with Crippen LogP contribution in [0.2, 0.25) is 0 Å². The number of rotatable bonds is 4. The van der Waals surface area contributed by atoms with Gasteiger partial charge in [-0.1, -0.05) is 24.3 Å². The Labute approximate surface area is 155 Å². The summed E-state index contributed by atoms with van der Waals surface area (Å²) < 4.78 is 27.2. The molecular formula is C20H24N2O3S. The van der Waals surface area contributed by atoms with E-state index in [1.165, 1.54) is 40.2 Å². The number of Topliss-reactive ketones (excluding diaryl/α,β-unsaturated/α-hetero) is 1. The molecule has 0 aromatic heterocycles. The van der Waals surface area contributed by atoms with Crippen LogP contribution in [0.1, 0.15) is 28.4 Å². The van der Waals surface area contributed by atoms with Crippen molar-refractivity contribution in [3.05, 3.63) is 59.2 Å². The molecule has 0 spiro atoms. The van der Waals surface area contributed by atoms with E-state index in [0.29, 0.717) is 31.7 Å². The summed E-state index contributed by atoms with van der Waals surface area (Å²) in [5, 5.41) is 0. The van der Waals surface area contributed by atoms with Gasteiger partial charge in [-0.15, -0.1) is 0 Å². The van der Waals surface area contributed by atoms with E-state index in [1.54, 1.807) is 12.1 Å². The van der Waals surface area contributed by atoms with Crippen LogP contribution in [0.15, 0.2) is 47.4 Å². The van der Waals surface area contributed by atoms with Gasteiger partial charge in [-0.25, -0.2) is 8.42 Å². The fourth-order valence-electron chi connectivity index (χ4n) is 3.26. The lowest BCUT2D eigenvalue weighted by Gasteiger charge is -2.36.